The van der Waals surface area contributed by atoms with Crippen LogP contribution in [0.4, 0.5) is 22.7 Å². The lowest BCUT2D eigenvalue weighted by Crippen LogP contribution is -2.05. The van der Waals surface area contributed by atoms with Crippen LogP contribution in [-0.4, -0.2) is 0 Å². The van der Waals surface area contributed by atoms with E-state index in [0.717, 1.165) is 11.4 Å². The van der Waals surface area contributed by atoms with Crippen LogP contribution in [0, 0.1) is 0 Å². The van der Waals surface area contributed by atoms with E-state index < -0.39 is 0 Å². The summed E-state index contributed by atoms with van der Waals surface area (Å²) in [7, 11) is 0. The van der Waals surface area contributed by atoms with Gasteiger partial charge in [0, 0.05) is 33.9 Å². The zero-order valence-corrected chi connectivity index (χ0v) is 27.7. The van der Waals surface area contributed by atoms with E-state index in [1.54, 1.807) is 0 Å². The van der Waals surface area contributed by atoms with Crippen molar-refractivity contribution < 1.29 is 0 Å². The number of benzene rings is 5. The molecule has 2 heteroatoms. The Morgan fingerprint density at radius 3 is 1.02 bits per heavy atom. The summed E-state index contributed by atoms with van der Waals surface area (Å²) >= 11 is 0. The van der Waals surface area contributed by atoms with Crippen LogP contribution < -0.4 is 10.6 Å². The lowest BCUT2D eigenvalue weighted by atomic mass is 9.91. The third kappa shape index (κ3) is 6.60. The lowest BCUT2D eigenvalue weighted by molar-refractivity contribution is 0.838. The molecule has 0 amide bonds. The molecular formula is C42H48N2. The van der Waals surface area contributed by atoms with Gasteiger partial charge in [-0.15, -0.1) is 0 Å². The van der Waals surface area contributed by atoms with E-state index in [0.29, 0.717) is 23.7 Å². The van der Waals surface area contributed by atoms with E-state index in [9.17, 15) is 0 Å². The number of anilines is 4. The summed E-state index contributed by atoms with van der Waals surface area (Å²) in [5.74, 6) is 1.70. The first-order valence-corrected chi connectivity index (χ1v) is 16.2. The molecule has 2 N–H and O–H groups in total. The zero-order chi connectivity index (χ0) is 31.4. The van der Waals surface area contributed by atoms with E-state index in [1.165, 1.54) is 55.9 Å². The molecule has 0 atom stereocenters. The monoisotopic (exact) mass is 580 g/mol. The van der Waals surface area contributed by atoms with Gasteiger partial charge in [0.15, 0.2) is 0 Å². The maximum atomic E-state index is 3.90. The molecule has 0 bridgehead atoms. The first kappa shape index (κ1) is 31.1. The minimum absolute atomic E-state index is 0.424. The maximum Gasteiger partial charge on any atom is 0.0464 e. The summed E-state index contributed by atoms with van der Waals surface area (Å²) in [6.45, 7) is 18.2. The molecule has 0 aliphatic heterocycles. The summed E-state index contributed by atoms with van der Waals surface area (Å²) in [5.41, 5.74) is 14.9. The number of nitrogens with one attached hydrogen (secondary N) is 2. The SMILES string of the molecule is CC(C)c1cccc(C(C)C)c1Nc1ccccc1-c1cccc(-c2ccccc2Nc2c(C(C)C)cccc2C(C)C)c1. The topological polar surface area (TPSA) is 24.1 Å². The largest absolute Gasteiger partial charge is 0.355 e. The molecule has 0 saturated heterocycles. The molecule has 5 aromatic rings. The molecule has 5 rings (SSSR count). The van der Waals surface area contributed by atoms with Gasteiger partial charge in [-0.3, -0.25) is 0 Å². The molecule has 0 saturated carbocycles. The normalized spacial score (nSPS) is 11.5. The van der Waals surface area contributed by atoms with Crippen molar-refractivity contribution >= 4 is 22.7 Å². The van der Waals surface area contributed by atoms with E-state index in [4.69, 9.17) is 0 Å². The highest BCUT2D eigenvalue weighted by molar-refractivity contribution is 5.88. The molecule has 0 fully saturated rings. The highest BCUT2D eigenvalue weighted by Crippen LogP contribution is 2.41. The Morgan fingerprint density at radius 2 is 0.682 bits per heavy atom. The average Bonchev–Trinajstić information content (AvgIpc) is 3.01. The van der Waals surface area contributed by atoms with Crippen LogP contribution in [0.5, 0.6) is 0 Å². The predicted molar refractivity (Wildman–Crippen MR) is 193 cm³/mol. The summed E-state index contributed by atoms with van der Waals surface area (Å²) in [6.07, 6.45) is 0. The number of para-hydroxylation sites is 4. The zero-order valence-electron chi connectivity index (χ0n) is 27.7. The van der Waals surface area contributed by atoms with Gasteiger partial charge in [-0.05, 0) is 75.3 Å². The molecule has 0 radical (unpaired) electrons. The summed E-state index contributed by atoms with van der Waals surface area (Å²) < 4.78 is 0. The van der Waals surface area contributed by atoms with Crippen LogP contribution in [-0.2, 0) is 0 Å². The van der Waals surface area contributed by atoms with Crippen LogP contribution in [0.15, 0.2) is 109 Å². The van der Waals surface area contributed by atoms with Crippen LogP contribution in [0.3, 0.4) is 0 Å². The fraction of sp³-hybridized carbons (Fsp3) is 0.286. The Hall–Kier alpha value is -4.30. The Bertz CT molecular complexity index is 1550. The molecule has 0 spiro atoms. The lowest BCUT2D eigenvalue weighted by Gasteiger charge is -2.23. The molecular weight excluding hydrogens is 532 g/mol. The molecule has 44 heavy (non-hydrogen) atoms. The Kier molecular flexibility index (Phi) is 9.59. The first-order chi connectivity index (χ1) is 21.2. The van der Waals surface area contributed by atoms with Gasteiger partial charge in [0.25, 0.3) is 0 Å². The summed E-state index contributed by atoms with van der Waals surface area (Å²) in [5, 5.41) is 7.79. The minimum Gasteiger partial charge on any atom is -0.355 e. The average molecular weight is 581 g/mol. The summed E-state index contributed by atoms with van der Waals surface area (Å²) in [6, 6.07) is 39.8. The van der Waals surface area contributed by atoms with Gasteiger partial charge in [-0.25, -0.2) is 0 Å². The Labute approximate surface area is 265 Å². The second kappa shape index (κ2) is 13.6. The van der Waals surface area contributed by atoms with Gasteiger partial charge in [-0.1, -0.05) is 146 Å². The predicted octanol–water partition coefficient (Wildman–Crippen LogP) is 13.0. The van der Waals surface area contributed by atoms with E-state index in [1.807, 2.05) is 0 Å². The van der Waals surface area contributed by atoms with Crippen LogP contribution in [0.1, 0.15) is 101 Å². The van der Waals surface area contributed by atoms with Crippen molar-refractivity contribution in [2.45, 2.75) is 79.1 Å². The first-order valence-electron chi connectivity index (χ1n) is 16.2. The fourth-order valence-corrected chi connectivity index (χ4v) is 6.20. The van der Waals surface area contributed by atoms with Crippen molar-refractivity contribution in [3.05, 3.63) is 131 Å². The molecule has 0 aliphatic rings. The second-order valence-electron chi connectivity index (χ2n) is 13.2. The fourth-order valence-electron chi connectivity index (χ4n) is 6.20. The van der Waals surface area contributed by atoms with E-state index >= 15 is 0 Å². The van der Waals surface area contributed by atoms with E-state index in [2.05, 4.69) is 175 Å². The molecule has 0 aromatic heterocycles. The maximum absolute atomic E-state index is 3.90. The number of rotatable bonds is 10. The van der Waals surface area contributed by atoms with Crippen molar-refractivity contribution in [1.29, 1.82) is 0 Å². The standard InChI is InChI=1S/C42H48N2/c1-27(2)33-20-14-21-34(28(3)4)41(33)43-39-24-11-9-18-37(39)31-16-13-17-32(26-31)38-19-10-12-25-40(38)44-42-35(29(5)6)22-15-23-36(42)30(7)8/h9-30,43-44H,1-8H3. The Morgan fingerprint density at radius 1 is 0.364 bits per heavy atom. The smallest absolute Gasteiger partial charge is 0.0464 e. The third-order valence-corrected chi connectivity index (χ3v) is 8.60. The molecule has 226 valence electrons. The van der Waals surface area contributed by atoms with Gasteiger partial charge in [0.1, 0.15) is 0 Å². The van der Waals surface area contributed by atoms with Crippen molar-refractivity contribution in [3.63, 3.8) is 0 Å². The molecule has 0 aliphatic carbocycles. The van der Waals surface area contributed by atoms with Gasteiger partial charge in [-0.2, -0.15) is 0 Å². The molecule has 0 heterocycles. The Balaban J connectivity index is 1.57. The van der Waals surface area contributed by atoms with Gasteiger partial charge in [0.05, 0.1) is 0 Å². The minimum atomic E-state index is 0.424. The van der Waals surface area contributed by atoms with Gasteiger partial charge >= 0.3 is 0 Å². The molecule has 0 unspecified atom stereocenters. The van der Waals surface area contributed by atoms with Crippen LogP contribution in [0.25, 0.3) is 22.3 Å². The third-order valence-electron chi connectivity index (χ3n) is 8.60. The molecule has 2 nitrogen and oxygen atoms in total. The van der Waals surface area contributed by atoms with Crippen molar-refractivity contribution in [2.75, 3.05) is 10.6 Å². The van der Waals surface area contributed by atoms with Crippen molar-refractivity contribution in [1.82, 2.24) is 0 Å². The quantitative estimate of drug-likeness (QED) is 0.172. The second-order valence-corrected chi connectivity index (χ2v) is 13.2. The molecule has 5 aromatic carbocycles. The van der Waals surface area contributed by atoms with Crippen molar-refractivity contribution in [2.24, 2.45) is 0 Å². The van der Waals surface area contributed by atoms with Gasteiger partial charge in [0.2, 0.25) is 0 Å². The van der Waals surface area contributed by atoms with E-state index in [-0.39, 0.29) is 0 Å². The van der Waals surface area contributed by atoms with Crippen molar-refractivity contribution in [3.8, 4) is 22.3 Å². The highest BCUT2D eigenvalue weighted by Gasteiger charge is 2.18. The van der Waals surface area contributed by atoms with Gasteiger partial charge < -0.3 is 10.6 Å². The van der Waals surface area contributed by atoms with Crippen LogP contribution >= 0.6 is 0 Å². The highest BCUT2D eigenvalue weighted by atomic mass is 14.9. The number of hydrogen-bond acceptors (Lipinski definition) is 2. The number of hydrogen-bond donors (Lipinski definition) is 2. The van der Waals surface area contributed by atoms with Crippen LogP contribution in [0.2, 0.25) is 0 Å². The summed E-state index contributed by atoms with van der Waals surface area (Å²) in [4.78, 5) is 0.